The molecule has 5 heteroatoms. The molecule has 0 spiro atoms. The standard InChI is InChI=1S/C11H19NO3S/c1-11(10(14)15)5-6-12(8-11)9(13)4-3-7-16-2/h3-8H2,1-2H3,(H,14,15). The maximum atomic E-state index is 11.8. The zero-order valence-corrected chi connectivity index (χ0v) is 10.7. The molecule has 0 aromatic heterocycles. The van der Waals surface area contributed by atoms with Gasteiger partial charge in [0.05, 0.1) is 5.41 Å². The van der Waals surface area contributed by atoms with Gasteiger partial charge in [-0.3, -0.25) is 9.59 Å². The van der Waals surface area contributed by atoms with Crippen LogP contribution in [-0.4, -0.2) is 47.0 Å². The molecule has 1 atom stereocenters. The molecule has 0 aliphatic carbocycles. The summed E-state index contributed by atoms with van der Waals surface area (Å²) in [7, 11) is 0. The number of hydrogen-bond acceptors (Lipinski definition) is 3. The van der Waals surface area contributed by atoms with Crippen molar-refractivity contribution in [1.82, 2.24) is 4.90 Å². The number of aliphatic carboxylic acids is 1. The first-order valence-electron chi connectivity index (χ1n) is 5.50. The van der Waals surface area contributed by atoms with Crippen LogP contribution in [0.15, 0.2) is 0 Å². The molecule has 1 aliphatic rings. The van der Waals surface area contributed by atoms with Crippen molar-refractivity contribution >= 4 is 23.6 Å². The highest BCUT2D eigenvalue weighted by Gasteiger charge is 2.41. The van der Waals surface area contributed by atoms with Gasteiger partial charge in [-0.15, -0.1) is 0 Å². The van der Waals surface area contributed by atoms with E-state index in [0.717, 1.165) is 12.2 Å². The number of likely N-dealkylation sites (tertiary alicyclic amines) is 1. The van der Waals surface area contributed by atoms with Gasteiger partial charge in [0.2, 0.25) is 5.91 Å². The van der Waals surface area contributed by atoms with E-state index in [4.69, 9.17) is 5.11 Å². The summed E-state index contributed by atoms with van der Waals surface area (Å²) in [5.41, 5.74) is -0.741. The molecule has 1 heterocycles. The van der Waals surface area contributed by atoms with Crippen molar-refractivity contribution in [2.45, 2.75) is 26.2 Å². The Labute approximate surface area is 100 Å². The first kappa shape index (κ1) is 13.4. The van der Waals surface area contributed by atoms with Crippen LogP contribution in [0.4, 0.5) is 0 Å². The molecule has 4 nitrogen and oxygen atoms in total. The van der Waals surface area contributed by atoms with E-state index < -0.39 is 11.4 Å². The molecule has 1 amide bonds. The third-order valence-electron chi connectivity index (χ3n) is 3.08. The van der Waals surface area contributed by atoms with Crippen molar-refractivity contribution in [3.63, 3.8) is 0 Å². The van der Waals surface area contributed by atoms with Gasteiger partial charge in [-0.05, 0) is 31.8 Å². The molecule has 1 aliphatic heterocycles. The summed E-state index contributed by atoms with van der Waals surface area (Å²) < 4.78 is 0. The lowest BCUT2D eigenvalue weighted by Gasteiger charge is -2.20. The predicted octanol–water partition coefficient (Wildman–Crippen LogP) is 1.45. The largest absolute Gasteiger partial charge is 0.481 e. The highest BCUT2D eigenvalue weighted by molar-refractivity contribution is 7.98. The number of amides is 1. The molecule has 0 bridgehead atoms. The van der Waals surface area contributed by atoms with E-state index in [2.05, 4.69) is 0 Å². The molecule has 16 heavy (non-hydrogen) atoms. The van der Waals surface area contributed by atoms with Crippen molar-refractivity contribution in [3.8, 4) is 0 Å². The smallest absolute Gasteiger partial charge is 0.311 e. The first-order valence-corrected chi connectivity index (χ1v) is 6.89. The summed E-state index contributed by atoms with van der Waals surface area (Å²) >= 11 is 1.73. The average Bonchev–Trinajstić information content (AvgIpc) is 2.63. The lowest BCUT2D eigenvalue weighted by Crippen LogP contribution is -2.34. The Morgan fingerprint density at radius 3 is 2.69 bits per heavy atom. The predicted molar refractivity (Wildman–Crippen MR) is 64.6 cm³/mol. The molecule has 0 aromatic rings. The van der Waals surface area contributed by atoms with Crippen LogP contribution in [0.1, 0.15) is 26.2 Å². The number of rotatable bonds is 5. The summed E-state index contributed by atoms with van der Waals surface area (Å²) in [6.45, 7) is 2.66. The minimum Gasteiger partial charge on any atom is -0.481 e. The molecule has 1 N–H and O–H groups in total. The van der Waals surface area contributed by atoms with Gasteiger partial charge in [0.15, 0.2) is 0 Å². The van der Waals surface area contributed by atoms with Crippen molar-refractivity contribution in [2.75, 3.05) is 25.1 Å². The summed E-state index contributed by atoms with van der Waals surface area (Å²) in [4.78, 5) is 24.5. The second-order valence-electron chi connectivity index (χ2n) is 4.53. The highest BCUT2D eigenvalue weighted by Crippen LogP contribution is 2.30. The van der Waals surface area contributed by atoms with Crippen molar-refractivity contribution < 1.29 is 14.7 Å². The van der Waals surface area contributed by atoms with Crippen LogP contribution in [0.3, 0.4) is 0 Å². The number of nitrogens with zero attached hydrogens (tertiary/aromatic N) is 1. The van der Waals surface area contributed by atoms with E-state index in [1.54, 1.807) is 23.6 Å². The van der Waals surface area contributed by atoms with E-state index in [1.165, 1.54) is 0 Å². The van der Waals surface area contributed by atoms with Crippen LogP contribution >= 0.6 is 11.8 Å². The number of carbonyl (C=O) groups excluding carboxylic acids is 1. The molecular weight excluding hydrogens is 226 g/mol. The normalized spacial score (nSPS) is 24.8. The zero-order valence-electron chi connectivity index (χ0n) is 9.86. The fourth-order valence-corrected chi connectivity index (χ4v) is 2.31. The number of hydrogen-bond donors (Lipinski definition) is 1. The van der Waals surface area contributed by atoms with Crippen LogP contribution in [0.2, 0.25) is 0 Å². The molecule has 0 radical (unpaired) electrons. The molecule has 1 fully saturated rings. The minimum absolute atomic E-state index is 0.0963. The third kappa shape index (κ3) is 3.14. The van der Waals surface area contributed by atoms with Crippen molar-refractivity contribution in [3.05, 3.63) is 0 Å². The molecule has 1 saturated heterocycles. The quantitative estimate of drug-likeness (QED) is 0.745. The van der Waals surface area contributed by atoms with Gasteiger partial charge in [-0.2, -0.15) is 11.8 Å². The minimum atomic E-state index is -0.799. The van der Waals surface area contributed by atoms with Gasteiger partial charge >= 0.3 is 5.97 Å². The second-order valence-corrected chi connectivity index (χ2v) is 5.51. The molecule has 1 unspecified atom stereocenters. The molecule has 0 aromatic carbocycles. The fraction of sp³-hybridized carbons (Fsp3) is 0.818. The summed E-state index contributed by atoms with van der Waals surface area (Å²) in [6, 6.07) is 0. The maximum Gasteiger partial charge on any atom is 0.311 e. The van der Waals surface area contributed by atoms with Gasteiger partial charge in [-0.1, -0.05) is 0 Å². The Morgan fingerprint density at radius 1 is 1.50 bits per heavy atom. The summed E-state index contributed by atoms with van der Waals surface area (Å²) in [5, 5.41) is 9.04. The van der Waals surface area contributed by atoms with E-state index in [9.17, 15) is 9.59 Å². The van der Waals surface area contributed by atoms with Crippen LogP contribution in [0, 0.1) is 5.41 Å². The van der Waals surface area contributed by atoms with Gasteiger partial charge < -0.3 is 10.0 Å². The SMILES string of the molecule is CSCCCC(=O)N1CCC(C)(C(=O)O)C1. The maximum absolute atomic E-state index is 11.8. The Balaban J connectivity index is 2.41. The fourth-order valence-electron chi connectivity index (χ4n) is 1.87. The third-order valence-corrected chi connectivity index (χ3v) is 3.78. The monoisotopic (exact) mass is 245 g/mol. The first-order chi connectivity index (χ1) is 7.49. The molecule has 92 valence electrons. The van der Waals surface area contributed by atoms with Crippen LogP contribution in [0.25, 0.3) is 0 Å². The molecule has 1 rings (SSSR count). The topological polar surface area (TPSA) is 57.6 Å². The summed E-state index contributed by atoms with van der Waals surface area (Å²) in [6.07, 6.45) is 4.00. The Kier molecular flexibility index (Phi) is 4.65. The lowest BCUT2D eigenvalue weighted by molar-refractivity contribution is -0.147. The number of carbonyl (C=O) groups is 2. The van der Waals surface area contributed by atoms with Crippen LogP contribution in [-0.2, 0) is 9.59 Å². The van der Waals surface area contributed by atoms with Gasteiger partial charge in [0.25, 0.3) is 0 Å². The number of thioether (sulfide) groups is 1. The van der Waals surface area contributed by atoms with E-state index in [0.29, 0.717) is 25.9 Å². The zero-order chi connectivity index (χ0) is 12.2. The Bertz CT molecular complexity index is 282. The number of carboxylic acids is 1. The van der Waals surface area contributed by atoms with Gasteiger partial charge in [-0.25, -0.2) is 0 Å². The van der Waals surface area contributed by atoms with Crippen LogP contribution < -0.4 is 0 Å². The molecular formula is C11H19NO3S. The highest BCUT2D eigenvalue weighted by atomic mass is 32.2. The molecule has 0 saturated carbocycles. The van der Waals surface area contributed by atoms with Gasteiger partial charge in [0, 0.05) is 19.5 Å². The van der Waals surface area contributed by atoms with Gasteiger partial charge in [0.1, 0.15) is 0 Å². The summed E-state index contributed by atoms with van der Waals surface area (Å²) in [5.74, 6) is 0.279. The van der Waals surface area contributed by atoms with Crippen molar-refractivity contribution in [2.24, 2.45) is 5.41 Å². The lowest BCUT2D eigenvalue weighted by atomic mass is 9.90. The number of carboxylic acid groups (broad SMARTS) is 1. The second kappa shape index (κ2) is 5.57. The Hall–Kier alpha value is -0.710. The van der Waals surface area contributed by atoms with E-state index >= 15 is 0 Å². The van der Waals surface area contributed by atoms with E-state index in [1.807, 2.05) is 6.26 Å². The van der Waals surface area contributed by atoms with Crippen molar-refractivity contribution in [1.29, 1.82) is 0 Å². The average molecular weight is 245 g/mol. The van der Waals surface area contributed by atoms with E-state index in [-0.39, 0.29) is 5.91 Å². The Morgan fingerprint density at radius 2 is 2.19 bits per heavy atom. The van der Waals surface area contributed by atoms with Crippen LogP contribution in [0.5, 0.6) is 0 Å².